The number of carbonyl (C=O) groups is 1. The van der Waals surface area contributed by atoms with Gasteiger partial charge >= 0.3 is 0 Å². The Morgan fingerprint density at radius 2 is 2.07 bits per heavy atom. The van der Waals surface area contributed by atoms with Crippen molar-refractivity contribution in [3.63, 3.8) is 0 Å². The van der Waals surface area contributed by atoms with Gasteiger partial charge in [0.05, 0.1) is 5.36 Å². The predicted octanol–water partition coefficient (Wildman–Crippen LogP) is 2.09. The molecule has 148 valence electrons. The number of para-hydroxylation sites is 1. The molecule has 2 aromatic carbocycles. The maximum absolute atomic E-state index is 13.0. The van der Waals surface area contributed by atoms with Crippen molar-refractivity contribution in [1.82, 2.24) is 10.3 Å². The quantitative estimate of drug-likeness (QED) is 0.784. The average Bonchev–Trinajstić information content (AvgIpc) is 3.21. The number of amides is 1. The van der Waals surface area contributed by atoms with Gasteiger partial charge in [-0.25, -0.2) is 5.01 Å². The Labute approximate surface area is 172 Å². The second-order valence-electron chi connectivity index (χ2n) is 6.89. The largest absolute Gasteiger partial charge is 0.454 e. The van der Waals surface area contributed by atoms with E-state index in [9.17, 15) is 4.79 Å². The summed E-state index contributed by atoms with van der Waals surface area (Å²) in [7, 11) is 0. The van der Waals surface area contributed by atoms with Crippen molar-refractivity contribution in [3.05, 3.63) is 58.6 Å². The Morgan fingerprint density at radius 1 is 1.21 bits per heavy atom. The van der Waals surface area contributed by atoms with Crippen molar-refractivity contribution in [2.75, 3.05) is 12.5 Å². The van der Waals surface area contributed by atoms with Crippen LogP contribution < -0.4 is 25.4 Å². The number of nitrogens with zero attached hydrogens (tertiary/aromatic N) is 3. The zero-order chi connectivity index (χ0) is 19.8. The molecule has 0 fully saturated rings. The molecule has 0 spiro atoms. The molecular formula is C21H20N4O3S. The van der Waals surface area contributed by atoms with Gasteiger partial charge in [-0.3, -0.25) is 15.1 Å². The number of ether oxygens (including phenoxy) is 2. The van der Waals surface area contributed by atoms with Gasteiger partial charge in [0.1, 0.15) is 5.70 Å². The smallest absolute Gasteiger partial charge is 0.276 e. The van der Waals surface area contributed by atoms with E-state index in [2.05, 4.69) is 12.2 Å². The van der Waals surface area contributed by atoms with E-state index < -0.39 is 6.17 Å². The van der Waals surface area contributed by atoms with Gasteiger partial charge in [-0.15, -0.1) is 5.10 Å². The van der Waals surface area contributed by atoms with Crippen LogP contribution in [0.1, 0.15) is 31.5 Å². The Balaban J connectivity index is 1.62. The lowest BCUT2D eigenvalue weighted by atomic mass is 10.1. The summed E-state index contributed by atoms with van der Waals surface area (Å²) >= 11 is 1.56. The second-order valence-corrected chi connectivity index (χ2v) is 7.97. The fourth-order valence-electron chi connectivity index (χ4n) is 3.50. The van der Waals surface area contributed by atoms with Gasteiger partial charge < -0.3 is 9.47 Å². The van der Waals surface area contributed by atoms with Crippen LogP contribution in [-0.2, 0) is 4.79 Å². The molecule has 7 nitrogen and oxygen atoms in total. The first-order chi connectivity index (χ1) is 14.2. The Kier molecular flexibility index (Phi) is 4.63. The number of hydrogen-bond acceptors (Lipinski definition) is 7. The number of unbranched alkanes of at least 4 members (excludes halogenated alkanes) is 1. The number of carbonyl (C=O) groups excluding carboxylic acids is 1. The molecule has 0 aromatic heterocycles. The van der Waals surface area contributed by atoms with Crippen LogP contribution in [0.25, 0.3) is 5.70 Å². The first-order valence-electron chi connectivity index (χ1n) is 9.63. The molecule has 5 rings (SSSR count). The molecule has 3 aliphatic rings. The van der Waals surface area contributed by atoms with Crippen LogP contribution in [0.4, 0.5) is 0 Å². The molecule has 1 N–H and O–H groups in total. The Morgan fingerprint density at radius 3 is 2.97 bits per heavy atom. The highest BCUT2D eigenvalue weighted by Crippen LogP contribution is 2.38. The van der Waals surface area contributed by atoms with E-state index in [1.807, 2.05) is 42.5 Å². The minimum atomic E-state index is -0.456. The van der Waals surface area contributed by atoms with Gasteiger partial charge in [0.15, 0.2) is 22.8 Å². The van der Waals surface area contributed by atoms with Crippen molar-refractivity contribution < 1.29 is 14.3 Å². The molecule has 0 saturated heterocycles. The standard InChI is InChI=1S/C21H20N4O3S/c1-2-3-10-29-21-23-20(26)18-14-6-4-5-7-15(14)22-19(25(18)24-21)13-8-9-16-17(11-13)28-12-27-16/h4-9,11,19H,2-3,10,12H2,1H3,(H,23,24,26). The first-order valence-corrected chi connectivity index (χ1v) is 10.6. The van der Waals surface area contributed by atoms with Gasteiger partial charge in [-0.2, -0.15) is 0 Å². The van der Waals surface area contributed by atoms with E-state index in [1.165, 1.54) is 0 Å². The highest BCUT2D eigenvalue weighted by atomic mass is 32.2. The van der Waals surface area contributed by atoms with Crippen molar-refractivity contribution in [2.24, 2.45) is 10.1 Å². The maximum Gasteiger partial charge on any atom is 0.276 e. The zero-order valence-electron chi connectivity index (χ0n) is 15.9. The lowest BCUT2D eigenvalue weighted by Crippen LogP contribution is -2.50. The van der Waals surface area contributed by atoms with Gasteiger partial charge in [-0.05, 0) is 24.6 Å². The van der Waals surface area contributed by atoms with Crippen molar-refractivity contribution in [3.8, 4) is 11.5 Å². The average molecular weight is 408 g/mol. The Bertz CT molecular complexity index is 1130. The first kappa shape index (κ1) is 18.1. The lowest BCUT2D eigenvalue weighted by Gasteiger charge is -2.34. The molecule has 1 atom stereocenters. The van der Waals surface area contributed by atoms with Crippen LogP contribution in [0.2, 0.25) is 0 Å². The number of hydrazone groups is 1. The summed E-state index contributed by atoms with van der Waals surface area (Å²) in [6, 6.07) is 13.4. The number of thioether (sulfide) groups is 1. The van der Waals surface area contributed by atoms with E-state index in [0.29, 0.717) is 22.4 Å². The molecule has 0 bridgehead atoms. The molecule has 3 heterocycles. The van der Waals surface area contributed by atoms with Gasteiger partial charge in [0, 0.05) is 16.5 Å². The summed E-state index contributed by atoms with van der Waals surface area (Å²) < 4.78 is 11.0. The maximum atomic E-state index is 13.0. The summed E-state index contributed by atoms with van der Waals surface area (Å²) in [4.78, 5) is 17.9. The molecule has 1 amide bonds. The molecule has 2 aromatic rings. The number of fused-ring (bicyclic) bond motifs is 3. The minimum absolute atomic E-state index is 0.160. The number of amidine groups is 1. The zero-order valence-corrected chi connectivity index (χ0v) is 16.7. The van der Waals surface area contributed by atoms with E-state index in [4.69, 9.17) is 19.6 Å². The minimum Gasteiger partial charge on any atom is -0.454 e. The van der Waals surface area contributed by atoms with Gasteiger partial charge in [0.2, 0.25) is 6.79 Å². The van der Waals surface area contributed by atoms with Gasteiger partial charge in [0.25, 0.3) is 5.91 Å². The van der Waals surface area contributed by atoms with E-state index in [1.54, 1.807) is 16.8 Å². The highest BCUT2D eigenvalue weighted by Gasteiger charge is 2.35. The summed E-state index contributed by atoms with van der Waals surface area (Å²) in [5.74, 6) is 2.14. The topological polar surface area (TPSA) is 75.5 Å². The molecule has 29 heavy (non-hydrogen) atoms. The number of benzene rings is 2. The fraction of sp³-hybridized carbons (Fsp3) is 0.286. The van der Waals surface area contributed by atoms with E-state index in [0.717, 1.165) is 34.7 Å². The summed E-state index contributed by atoms with van der Waals surface area (Å²) in [5.41, 5.74) is 1.40. The van der Waals surface area contributed by atoms with Crippen LogP contribution in [-0.4, -0.2) is 28.6 Å². The molecule has 0 radical (unpaired) electrons. The predicted molar refractivity (Wildman–Crippen MR) is 111 cm³/mol. The molecule has 0 aliphatic carbocycles. The number of rotatable bonds is 4. The molecule has 1 unspecified atom stereocenters. The number of nitrogens with one attached hydrogen (secondary N) is 1. The number of hydrogen-bond donors (Lipinski definition) is 1. The SMILES string of the molecule is CCCCSC1=NN2C(=c3ccccc3=NC2c2ccc3c(c2)OCO3)C(=O)N1. The van der Waals surface area contributed by atoms with Crippen LogP contribution in [0.5, 0.6) is 11.5 Å². The summed E-state index contributed by atoms with van der Waals surface area (Å²) in [5, 5.41) is 11.6. The van der Waals surface area contributed by atoms with Gasteiger partial charge in [-0.1, -0.05) is 49.4 Å². The lowest BCUT2D eigenvalue weighted by molar-refractivity contribution is -0.116. The molecule has 3 aliphatic heterocycles. The van der Waals surface area contributed by atoms with Crippen molar-refractivity contribution in [2.45, 2.75) is 25.9 Å². The molecule has 8 heteroatoms. The third kappa shape index (κ3) is 3.23. The third-order valence-electron chi connectivity index (χ3n) is 4.95. The van der Waals surface area contributed by atoms with E-state index >= 15 is 0 Å². The van der Waals surface area contributed by atoms with Crippen LogP contribution >= 0.6 is 11.8 Å². The van der Waals surface area contributed by atoms with Crippen molar-refractivity contribution >= 4 is 28.5 Å². The normalized spacial score (nSPS) is 19.1. The molecule has 0 saturated carbocycles. The fourth-order valence-corrected chi connectivity index (χ4v) is 4.43. The van der Waals surface area contributed by atoms with Crippen molar-refractivity contribution in [1.29, 1.82) is 0 Å². The summed E-state index contributed by atoms with van der Waals surface area (Å²) in [6.45, 7) is 2.35. The third-order valence-corrected chi connectivity index (χ3v) is 5.90. The Hall–Kier alpha value is -3.00. The van der Waals surface area contributed by atoms with Crippen LogP contribution in [0.15, 0.2) is 52.6 Å². The summed E-state index contributed by atoms with van der Waals surface area (Å²) in [6.07, 6.45) is 1.70. The molecular weight excluding hydrogens is 388 g/mol. The van der Waals surface area contributed by atoms with E-state index in [-0.39, 0.29) is 12.7 Å². The van der Waals surface area contributed by atoms with Crippen LogP contribution in [0.3, 0.4) is 0 Å². The highest BCUT2D eigenvalue weighted by molar-refractivity contribution is 8.13. The van der Waals surface area contributed by atoms with Crippen LogP contribution in [0, 0.1) is 0 Å². The second kappa shape index (κ2) is 7.44. The monoisotopic (exact) mass is 408 g/mol.